The van der Waals surface area contributed by atoms with Crippen LogP contribution in [0.3, 0.4) is 0 Å². The second-order valence-corrected chi connectivity index (χ2v) is 7.76. The number of amides is 1. The molecular weight excluding hydrogens is 385 g/mol. The monoisotopic (exact) mass is 405 g/mol. The molecule has 0 aromatic carbocycles. The first kappa shape index (κ1) is 18.4. The minimum atomic E-state index is -1.19. The van der Waals surface area contributed by atoms with Gasteiger partial charge in [-0.1, -0.05) is 0 Å². The van der Waals surface area contributed by atoms with Crippen molar-refractivity contribution in [3.8, 4) is 17.2 Å². The summed E-state index contributed by atoms with van der Waals surface area (Å²) in [6.07, 6.45) is 7.38. The number of rotatable bonds is 3. The first-order chi connectivity index (χ1) is 14.5. The van der Waals surface area contributed by atoms with E-state index >= 15 is 0 Å². The number of carbonyl (C=O) groups is 1. The number of alkyl halides is 1. The van der Waals surface area contributed by atoms with Crippen LogP contribution in [0.2, 0.25) is 0 Å². The summed E-state index contributed by atoms with van der Waals surface area (Å²) >= 11 is 0. The molecule has 4 aromatic rings. The maximum Gasteiger partial charge on any atom is 0.255 e. The predicted octanol–water partition coefficient (Wildman–Crippen LogP) is 3.17. The second kappa shape index (κ2) is 7.01. The van der Waals surface area contributed by atoms with Crippen LogP contribution < -0.4 is 0 Å². The lowest BCUT2D eigenvalue weighted by atomic mass is 9.95. The standard InChI is InChI=1S/C21H20FN7O/c1-21(22)5-8-28(9-6-21)20(30)15-10-14-4-7-29(19(14)24-11-15)16-2-3-17(23-12-16)18-25-13-26-27-18/h2-4,7,10-13H,5-6,8-9H2,1H3,(H,25,26,27). The van der Waals surface area contributed by atoms with Crippen LogP contribution in [0, 0.1) is 0 Å². The molecule has 1 saturated heterocycles. The van der Waals surface area contributed by atoms with E-state index in [1.165, 1.54) is 6.33 Å². The van der Waals surface area contributed by atoms with Gasteiger partial charge in [-0.3, -0.25) is 19.4 Å². The van der Waals surface area contributed by atoms with Gasteiger partial charge in [0.15, 0.2) is 5.82 Å². The summed E-state index contributed by atoms with van der Waals surface area (Å²) in [7, 11) is 0. The maximum absolute atomic E-state index is 14.0. The zero-order valence-corrected chi connectivity index (χ0v) is 16.4. The molecule has 0 bridgehead atoms. The van der Waals surface area contributed by atoms with Crippen molar-refractivity contribution in [1.29, 1.82) is 0 Å². The summed E-state index contributed by atoms with van der Waals surface area (Å²) in [5.41, 5.74) is 1.60. The summed E-state index contributed by atoms with van der Waals surface area (Å²) in [6, 6.07) is 7.53. The van der Waals surface area contributed by atoms with E-state index in [1.54, 1.807) is 24.2 Å². The van der Waals surface area contributed by atoms with E-state index in [2.05, 4.69) is 25.1 Å². The van der Waals surface area contributed by atoms with Crippen LogP contribution in [0.25, 0.3) is 28.2 Å². The van der Waals surface area contributed by atoms with E-state index in [4.69, 9.17) is 0 Å². The molecule has 0 atom stereocenters. The summed E-state index contributed by atoms with van der Waals surface area (Å²) in [5, 5.41) is 7.47. The minimum absolute atomic E-state index is 0.106. The Kier molecular flexibility index (Phi) is 4.30. The molecule has 0 aliphatic carbocycles. The third-order valence-corrected chi connectivity index (χ3v) is 5.55. The topological polar surface area (TPSA) is 92.6 Å². The number of fused-ring (bicyclic) bond motifs is 1. The average molecular weight is 405 g/mol. The summed E-state index contributed by atoms with van der Waals surface area (Å²) < 4.78 is 15.9. The largest absolute Gasteiger partial charge is 0.338 e. The Balaban J connectivity index is 1.39. The molecule has 5 rings (SSSR count). The highest BCUT2D eigenvalue weighted by Gasteiger charge is 2.32. The Morgan fingerprint density at radius 2 is 1.97 bits per heavy atom. The number of hydrogen-bond donors (Lipinski definition) is 1. The molecule has 152 valence electrons. The molecule has 1 fully saturated rings. The molecular formula is C21H20FN7O. The Bertz CT molecular complexity index is 1190. The molecule has 0 radical (unpaired) electrons. The summed E-state index contributed by atoms with van der Waals surface area (Å²) in [5.74, 6) is 0.497. The van der Waals surface area contributed by atoms with E-state index in [-0.39, 0.29) is 5.91 Å². The zero-order valence-electron chi connectivity index (χ0n) is 16.4. The van der Waals surface area contributed by atoms with Crippen molar-refractivity contribution in [1.82, 2.24) is 34.6 Å². The van der Waals surface area contributed by atoms with Crippen LogP contribution in [-0.2, 0) is 0 Å². The van der Waals surface area contributed by atoms with Gasteiger partial charge in [0.2, 0.25) is 0 Å². The molecule has 8 nitrogen and oxygen atoms in total. The van der Waals surface area contributed by atoms with E-state index in [1.807, 2.05) is 35.0 Å². The molecule has 5 heterocycles. The van der Waals surface area contributed by atoms with Crippen LogP contribution in [-0.4, -0.2) is 59.3 Å². The zero-order chi connectivity index (χ0) is 20.7. The van der Waals surface area contributed by atoms with Crippen LogP contribution in [0.1, 0.15) is 30.1 Å². The van der Waals surface area contributed by atoms with E-state index in [0.717, 1.165) is 16.7 Å². The lowest BCUT2D eigenvalue weighted by Gasteiger charge is -2.34. The van der Waals surface area contributed by atoms with Gasteiger partial charge in [-0.15, -0.1) is 0 Å². The van der Waals surface area contributed by atoms with Crippen molar-refractivity contribution in [3.63, 3.8) is 0 Å². The van der Waals surface area contributed by atoms with Crippen molar-refractivity contribution >= 4 is 16.9 Å². The molecule has 4 aromatic heterocycles. The van der Waals surface area contributed by atoms with Crippen molar-refractivity contribution in [2.75, 3.05) is 13.1 Å². The highest BCUT2D eigenvalue weighted by Crippen LogP contribution is 2.27. The number of aromatic nitrogens is 6. The third kappa shape index (κ3) is 3.32. The number of likely N-dealkylation sites (tertiary alicyclic amines) is 1. The molecule has 0 spiro atoms. The Labute approximate surface area is 171 Å². The molecule has 9 heteroatoms. The number of H-pyrrole nitrogens is 1. The summed E-state index contributed by atoms with van der Waals surface area (Å²) in [4.78, 5) is 27.6. The number of nitrogens with one attached hydrogen (secondary N) is 1. The minimum Gasteiger partial charge on any atom is -0.338 e. The van der Waals surface area contributed by atoms with E-state index in [0.29, 0.717) is 43.0 Å². The Morgan fingerprint density at radius 1 is 1.13 bits per heavy atom. The maximum atomic E-state index is 14.0. The smallest absolute Gasteiger partial charge is 0.255 e. The van der Waals surface area contributed by atoms with Crippen molar-refractivity contribution in [2.24, 2.45) is 0 Å². The van der Waals surface area contributed by atoms with Crippen LogP contribution in [0.5, 0.6) is 0 Å². The van der Waals surface area contributed by atoms with Gasteiger partial charge in [0, 0.05) is 30.9 Å². The van der Waals surface area contributed by atoms with Gasteiger partial charge in [-0.2, -0.15) is 5.10 Å². The Hall–Kier alpha value is -3.62. The van der Waals surface area contributed by atoms with Gasteiger partial charge in [0.05, 0.1) is 17.4 Å². The van der Waals surface area contributed by atoms with Gasteiger partial charge in [-0.25, -0.2) is 14.4 Å². The van der Waals surface area contributed by atoms with Crippen molar-refractivity contribution < 1.29 is 9.18 Å². The molecule has 0 unspecified atom stereocenters. The second-order valence-electron chi connectivity index (χ2n) is 7.76. The number of halogens is 1. The van der Waals surface area contributed by atoms with Crippen LogP contribution in [0.15, 0.2) is 49.2 Å². The van der Waals surface area contributed by atoms with Gasteiger partial charge in [-0.05, 0) is 44.0 Å². The number of pyridine rings is 2. The number of hydrogen-bond acceptors (Lipinski definition) is 5. The first-order valence-corrected chi connectivity index (χ1v) is 9.78. The van der Waals surface area contributed by atoms with Gasteiger partial charge in [0.25, 0.3) is 5.91 Å². The van der Waals surface area contributed by atoms with Gasteiger partial charge >= 0.3 is 0 Å². The summed E-state index contributed by atoms with van der Waals surface area (Å²) in [6.45, 7) is 2.44. The molecule has 1 aliphatic heterocycles. The van der Waals surface area contributed by atoms with Crippen molar-refractivity contribution in [3.05, 3.63) is 54.7 Å². The Morgan fingerprint density at radius 3 is 2.67 bits per heavy atom. The highest BCUT2D eigenvalue weighted by molar-refractivity contribution is 5.97. The number of piperidine rings is 1. The lowest BCUT2D eigenvalue weighted by molar-refractivity contribution is 0.0504. The quantitative estimate of drug-likeness (QED) is 0.565. The van der Waals surface area contributed by atoms with E-state index in [9.17, 15) is 9.18 Å². The van der Waals surface area contributed by atoms with Gasteiger partial charge in [0.1, 0.15) is 23.3 Å². The van der Waals surface area contributed by atoms with Gasteiger partial charge < -0.3 is 4.90 Å². The number of nitrogens with zero attached hydrogens (tertiary/aromatic N) is 6. The van der Waals surface area contributed by atoms with Crippen LogP contribution in [0.4, 0.5) is 4.39 Å². The SMILES string of the molecule is CC1(F)CCN(C(=O)c2cnc3c(ccn3-c3ccc(-c4ncn[nH]4)nc3)c2)CC1. The molecule has 30 heavy (non-hydrogen) atoms. The average Bonchev–Trinajstić information content (AvgIpc) is 3.43. The number of carbonyl (C=O) groups excluding carboxylic acids is 1. The lowest BCUT2D eigenvalue weighted by Crippen LogP contribution is -2.43. The van der Waals surface area contributed by atoms with E-state index < -0.39 is 5.67 Å². The predicted molar refractivity (Wildman–Crippen MR) is 109 cm³/mol. The molecule has 1 N–H and O–H groups in total. The molecule has 0 saturated carbocycles. The van der Waals surface area contributed by atoms with Crippen molar-refractivity contribution in [2.45, 2.75) is 25.4 Å². The fourth-order valence-electron chi connectivity index (χ4n) is 3.71. The third-order valence-electron chi connectivity index (χ3n) is 5.55. The first-order valence-electron chi connectivity index (χ1n) is 9.78. The molecule has 1 aliphatic rings. The normalized spacial score (nSPS) is 16.1. The fourth-order valence-corrected chi connectivity index (χ4v) is 3.71. The number of aromatic amines is 1. The van der Waals surface area contributed by atoms with Crippen LogP contribution >= 0.6 is 0 Å². The fraction of sp³-hybridized carbons (Fsp3) is 0.286. The molecule has 1 amide bonds. The highest BCUT2D eigenvalue weighted by atomic mass is 19.1.